The smallest absolute Gasteiger partial charge is 0.227 e. The highest BCUT2D eigenvalue weighted by Crippen LogP contribution is 2.29. The molecule has 3 rings (SSSR count). The second kappa shape index (κ2) is 2.67. The average molecular weight is 197 g/mol. The molecule has 0 unspecified atom stereocenters. The number of aliphatic hydroxyl groups excluding tert-OH is 1. The maximum atomic E-state index is 11.7. The normalized spacial score (nSPS) is 14.1. The summed E-state index contributed by atoms with van der Waals surface area (Å²) >= 11 is 0. The fourth-order valence-electron chi connectivity index (χ4n) is 1.91. The standard InChI is InChI=1S/C12H7NO2/c14-10-4-8-6-13-5-7-2-1-3-9(11(7)8)12(10)15/h1-6,14H. The Bertz CT molecular complexity index is 609. The summed E-state index contributed by atoms with van der Waals surface area (Å²) in [4.78, 5) is 15.7. The molecule has 0 radical (unpaired) electrons. The van der Waals surface area contributed by atoms with Gasteiger partial charge in [-0.05, 0) is 6.08 Å². The molecule has 1 N–H and O–H groups in total. The highest BCUT2D eigenvalue weighted by Gasteiger charge is 2.20. The number of allylic oxidation sites excluding steroid dienone is 1. The number of benzene rings is 1. The van der Waals surface area contributed by atoms with E-state index in [0.29, 0.717) is 5.56 Å². The number of ketones is 1. The quantitative estimate of drug-likeness (QED) is 0.705. The van der Waals surface area contributed by atoms with Gasteiger partial charge in [-0.2, -0.15) is 0 Å². The zero-order chi connectivity index (χ0) is 10.4. The van der Waals surface area contributed by atoms with Crippen LogP contribution in [-0.2, 0) is 0 Å². The molecule has 2 aromatic rings. The molecule has 3 nitrogen and oxygen atoms in total. The minimum atomic E-state index is -0.320. The number of hydrogen-bond acceptors (Lipinski definition) is 3. The molecule has 72 valence electrons. The molecule has 3 heteroatoms. The van der Waals surface area contributed by atoms with Gasteiger partial charge in [0, 0.05) is 34.3 Å². The van der Waals surface area contributed by atoms with Crippen LogP contribution in [0.1, 0.15) is 15.9 Å². The lowest BCUT2D eigenvalue weighted by atomic mass is 9.93. The van der Waals surface area contributed by atoms with Gasteiger partial charge in [-0.15, -0.1) is 0 Å². The lowest BCUT2D eigenvalue weighted by Gasteiger charge is -2.12. The van der Waals surface area contributed by atoms with E-state index in [4.69, 9.17) is 0 Å². The van der Waals surface area contributed by atoms with Gasteiger partial charge in [-0.25, -0.2) is 0 Å². The molecule has 1 aliphatic rings. The van der Waals surface area contributed by atoms with E-state index in [9.17, 15) is 9.90 Å². The van der Waals surface area contributed by atoms with E-state index in [0.717, 1.165) is 16.3 Å². The Morgan fingerprint density at radius 2 is 2.07 bits per heavy atom. The summed E-state index contributed by atoms with van der Waals surface area (Å²) in [6.45, 7) is 0. The predicted octanol–water partition coefficient (Wildman–Crippen LogP) is 2.33. The Kier molecular flexibility index (Phi) is 1.45. The maximum absolute atomic E-state index is 11.7. The summed E-state index contributed by atoms with van der Waals surface area (Å²) in [6, 6.07) is 5.41. The van der Waals surface area contributed by atoms with E-state index < -0.39 is 0 Å². The molecule has 1 aliphatic carbocycles. The van der Waals surface area contributed by atoms with Crippen LogP contribution in [0.15, 0.2) is 36.4 Å². The van der Waals surface area contributed by atoms with Crippen molar-refractivity contribution >= 4 is 22.6 Å². The van der Waals surface area contributed by atoms with Gasteiger partial charge in [-0.3, -0.25) is 9.78 Å². The second-order valence-electron chi connectivity index (χ2n) is 3.49. The minimum absolute atomic E-state index is 0.219. The summed E-state index contributed by atoms with van der Waals surface area (Å²) < 4.78 is 0. The zero-order valence-corrected chi connectivity index (χ0v) is 7.77. The number of carbonyl (C=O) groups excluding carboxylic acids is 1. The van der Waals surface area contributed by atoms with Crippen LogP contribution in [-0.4, -0.2) is 15.9 Å². The Morgan fingerprint density at radius 3 is 2.93 bits per heavy atom. The van der Waals surface area contributed by atoms with E-state index in [2.05, 4.69) is 4.98 Å². The highest BCUT2D eigenvalue weighted by atomic mass is 16.3. The van der Waals surface area contributed by atoms with Gasteiger partial charge in [0.05, 0.1) is 0 Å². The van der Waals surface area contributed by atoms with E-state index >= 15 is 0 Å². The van der Waals surface area contributed by atoms with E-state index in [1.807, 2.05) is 6.07 Å². The fraction of sp³-hybridized carbons (Fsp3) is 0. The van der Waals surface area contributed by atoms with E-state index in [1.54, 1.807) is 24.5 Å². The average Bonchev–Trinajstić information content (AvgIpc) is 2.26. The molecule has 0 atom stereocenters. The number of carbonyl (C=O) groups is 1. The Morgan fingerprint density at radius 1 is 1.20 bits per heavy atom. The van der Waals surface area contributed by atoms with Gasteiger partial charge in [0.25, 0.3) is 0 Å². The van der Waals surface area contributed by atoms with Crippen LogP contribution in [0.5, 0.6) is 0 Å². The Balaban J connectivity index is 2.55. The highest BCUT2D eigenvalue weighted by molar-refractivity contribution is 6.21. The molecule has 1 aromatic carbocycles. The molecule has 0 saturated heterocycles. The van der Waals surface area contributed by atoms with Gasteiger partial charge in [0.1, 0.15) is 0 Å². The SMILES string of the molecule is O=C1C(O)=Cc2cncc3cccc1c23. The third-order valence-electron chi connectivity index (χ3n) is 2.58. The van der Waals surface area contributed by atoms with Crippen molar-refractivity contribution in [2.75, 3.05) is 0 Å². The van der Waals surface area contributed by atoms with Crippen molar-refractivity contribution in [2.24, 2.45) is 0 Å². The zero-order valence-electron chi connectivity index (χ0n) is 7.77. The summed E-state index contributed by atoms with van der Waals surface area (Å²) in [7, 11) is 0. The van der Waals surface area contributed by atoms with Crippen LogP contribution in [0, 0.1) is 0 Å². The fourth-order valence-corrected chi connectivity index (χ4v) is 1.91. The van der Waals surface area contributed by atoms with Crippen molar-refractivity contribution < 1.29 is 9.90 Å². The number of pyridine rings is 1. The third kappa shape index (κ3) is 1.00. The van der Waals surface area contributed by atoms with Crippen molar-refractivity contribution in [3.05, 3.63) is 47.5 Å². The molecular formula is C12H7NO2. The lowest BCUT2D eigenvalue weighted by Crippen LogP contribution is -2.08. The molecule has 1 heterocycles. The van der Waals surface area contributed by atoms with Crippen LogP contribution in [0.4, 0.5) is 0 Å². The number of Topliss-reactive ketones (excluding diaryl/α,β-unsaturated/α-hetero) is 1. The van der Waals surface area contributed by atoms with Gasteiger partial charge in [0.15, 0.2) is 5.76 Å². The Labute approximate surface area is 85.7 Å². The van der Waals surface area contributed by atoms with Crippen LogP contribution >= 0.6 is 0 Å². The summed E-state index contributed by atoms with van der Waals surface area (Å²) in [5, 5.41) is 11.2. The summed E-state index contributed by atoms with van der Waals surface area (Å²) in [6.07, 6.45) is 4.82. The molecular weight excluding hydrogens is 190 g/mol. The number of rotatable bonds is 0. The van der Waals surface area contributed by atoms with Gasteiger partial charge in [0.2, 0.25) is 5.78 Å². The van der Waals surface area contributed by atoms with Crippen molar-refractivity contribution in [1.29, 1.82) is 0 Å². The van der Waals surface area contributed by atoms with Crippen molar-refractivity contribution in [3.63, 3.8) is 0 Å². The molecule has 1 aromatic heterocycles. The summed E-state index contributed by atoms with van der Waals surface area (Å²) in [5.41, 5.74) is 1.34. The van der Waals surface area contributed by atoms with Gasteiger partial charge < -0.3 is 5.11 Å². The minimum Gasteiger partial charge on any atom is -0.504 e. The molecule has 0 fully saturated rings. The summed E-state index contributed by atoms with van der Waals surface area (Å²) in [5.74, 6) is -0.540. The van der Waals surface area contributed by atoms with Crippen molar-refractivity contribution in [1.82, 2.24) is 4.98 Å². The predicted molar refractivity (Wildman–Crippen MR) is 56.7 cm³/mol. The molecule has 0 saturated carbocycles. The van der Waals surface area contributed by atoms with Crippen LogP contribution in [0.25, 0.3) is 16.8 Å². The van der Waals surface area contributed by atoms with Crippen molar-refractivity contribution in [2.45, 2.75) is 0 Å². The first kappa shape index (κ1) is 8.17. The van der Waals surface area contributed by atoms with Crippen LogP contribution < -0.4 is 0 Å². The maximum Gasteiger partial charge on any atom is 0.227 e. The van der Waals surface area contributed by atoms with Crippen molar-refractivity contribution in [3.8, 4) is 0 Å². The number of aromatic nitrogens is 1. The van der Waals surface area contributed by atoms with Crippen LogP contribution in [0.3, 0.4) is 0 Å². The molecule has 0 aliphatic heterocycles. The Hall–Kier alpha value is -2.16. The number of nitrogens with zero attached hydrogens (tertiary/aromatic N) is 1. The number of hydrogen-bond donors (Lipinski definition) is 1. The van der Waals surface area contributed by atoms with E-state index in [-0.39, 0.29) is 11.5 Å². The monoisotopic (exact) mass is 197 g/mol. The third-order valence-corrected chi connectivity index (χ3v) is 2.58. The molecule has 15 heavy (non-hydrogen) atoms. The molecule has 0 bridgehead atoms. The van der Waals surface area contributed by atoms with Gasteiger partial charge in [-0.1, -0.05) is 18.2 Å². The van der Waals surface area contributed by atoms with E-state index in [1.165, 1.54) is 6.08 Å². The first-order chi connectivity index (χ1) is 7.27. The molecule has 0 amide bonds. The lowest BCUT2D eigenvalue weighted by molar-refractivity contribution is 0.0981. The van der Waals surface area contributed by atoms with Crippen LogP contribution in [0.2, 0.25) is 0 Å². The largest absolute Gasteiger partial charge is 0.504 e. The second-order valence-corrected chi connectivity index (χ2v) is 3.49. The first-order valence-electron chi connectivity index (χ1n) is 4.59. The topological polar surface area (TPSA) is 50.2 Å². The first-order valence-corrected chi connectivity index (χ1v) is 4.59. The van der Waals surface area contributed by atoms with Gasteiger partial charge >= 0.3 is 0 Å². The molecule has 0 spiro atoms. The number of aliphatic hydroxyl groups is 1.